The van der Waals surface area contributed by atoms with Crippen LogP contribution in [0.25, 0.3) is 5.82 Å². The van der Waals surface area contributed by atoms with E-state index in [9.17, 15) is 9.90 Å². The largest absolute Gasteiger partial charge is 0.393 e. The number of rotatable bonds is 3. The average molecular weight is 380 g/mol. The molecular formula is C22H28N4O2. The number of aliphatic hydroxyl groups excluding tert-OH is 1. The topological polar surface area (TPSA) is 61.6 Å². The number of pyridine rings is 1. The molecule has 2 aliphatic heterocycles. The summed E-state index contributed by atoms with van der Waals surface area (Å²) in [7, 11) is 0. The Morgan fingerprint density at radius 3 is 2.89 bits per heavy atom. The molecule has 1 spiro atoms. The third kappa shape index (κ3) is 2.50. The van der Waals surface area contributed by atoms with Crippen LogP contribution in [0.5, 0.6) is 0 Å². The first-order valence-electron chi connectivity index (χ1n) is 10.4. The minimum absolute atomic E-state index is 0.00646. The van der Waals surface area contributed by atoms with Gasteiger partial charge < -0.3 is 19.5 Å². The van der Waals surface area contributed by atoms with Crippen LogP contribution in [0.4, 0.5) is 5.69 Å². The van der Waals surface area contributed by atoms with Crippen LogP contribution < -0.4 is 4.90 Å². The molecule has 2 aromatic rings. The van der Waals surface area contributed by atoms with Crippen molar-refractivity contribution in [1.29, 1.82) is 0 Å². The number of aliphatic hydroxyl groups is 1. The van der Waals surface area contributed by atoms with Crippen LogP contribution >= 0.6 is 0 Å². The Kier molecular flexibility index (Phi) is 4.02. The van der Waals surface area contributed by atoms with E-state index in [1.165, 1.54) is 5.69 Å². The second kappa shape index (κ2) is 6.34. The number of hydrogen-bond acceptors (Lipinski definition) is 4. The van der Waals surface area contributed by atoms with Gasteiger partial charge >= 0.3 is 0 Å². The van der Waals surface area contributed by atoms with Crippen molar-refractivity contribution < 1.29 is 9.90 Å². The molecule has 4 heterocycles. The van der Waals surface area contributed by atoms with Crippen molar-refractivity contribution in [2.45, 2.75) is 44.8 Å². The van der Waals surface area contributed by atoms with Crippen LogP contribution in [0.1, 0.15) is 38.8 Å². The van der Waals surface area contributed by atoms with Crippen molar-refractivity contribution in [3.63, 3.8) is 0 Å². The van der Waals surface area contributed by atoms with Gasteiger partial charge in [0.05, 0.1) is 17.5 Å². The lowest BCUT2D eigenvalue weighted by atomic mass is 9.81. The number of anilines is 1. The molecule has 0 aromatic carbocycles. The van der Waals surface area contributed by atoms with E-state index in [0.717, 1.165) is 31.0 Å². The molecule has 1 atom stereocenters. The number of hydrogen-bond donors (Lipinski definition) is 1. The van der Waals surface area contributed by atoms with E-state index in [1.807, 2.05) is 17.2 Å². The number of carbonyl (C=O) groups excluding carboxylic acids is 1. The summed E-state index contributed by atoms with van der Waals surface area (Å²) in [6.07, 6.45) is 5.78. The highest BCUT2D eigenvalue weighted by Crippen LogP contribution is 2.47. The number of likely N-dealkylation sites (tertiary alicyclic amines) is 1. The van der Waals surface area contributed by atoms with E-state index in [0.29, 0.717) is 25.3 Å². The molecular weight excluding hydrogens is 352 g/mol. The maximum atomic E-state index is 13.0. The first-order chi connectivity index (χ1) is 13.5. The molecule has 0 bridgehead atoms. The number of carbonyl (C=O) groups is 1. The van der Waals surface area contributed by atoms with Crippen molar-refractivity contribution in [3.05, 3.63) is 42.4 Å². The molecule has 6 nitrogen and oxygen atoms in total. The van der Waals surface area contributed by atoms with Crippen LogP contribution in [-0.2, 0) is 10.3 Å². The van der Waals surface area contributed by atoms with Crippen molar-refractivity contribution in [2.75, 3.05) is 24.5 Å². The van der Waals surface area contributed by atoms with Crippen LogP contribution in [0.3, 0.4) is 0 Å². The molecule has 5 rings (SSSR count). The fraction of sp³-hybridized carbons (Fsp3) is 0.545. The predicted octanol–water partition coefficient (Wildman–Crippen LogP) is 2.55. The van der Waals surface area contributed by atoms with E-state index in [-0.39, 0.29) is 23.5 Å². The summed E-state index contributed by atoms with van der Waals surface area (Å²) in [5.41, 5.74) is 2.15. The predicted molar refractivity (Wildman–Crippen MR) is 107 cm³/mol. The number of aromatic nitrogens is 2. The minimum atomic E-state index is -0.298. The Bertz CT molecular complexity index is 901. The average Bonchev–Trinajstić information content (AvgIpc) is 3.30. The molecule has 1 amide bonds. The zero-order valence-electron chi connectivity index (χ0n) is 16.6. The number of amides is 1. The van der Waals surface area contributed by atoms with Gasteiger partial charge in [0.15, 0.2) is 5.82 Å². The van der Waals surface area contributed by atoms with Gasteiger partial charge in [0.1, 0.15) is 5.54 Å². The first-order valence-corrected chi connectivity index (χ1v) is 10.4. The maximum Gasteiger partial charge on any atom is 0.225 e. The molecule has 0 radical (unpaired) electrons. The number of fused-ring (bicyclic) bond motifs is 4. The smallest absolute Gasteiger partial charge is 0.225 e. The minimum Gasteiger partial charge on any atom is -0.393 e. The molecule has 1 N–H and O–H groups in total. The van der Waals surface area contributed by atoms with Crippen molar-refractivity contribution >= 4 is 11.6 Å². The number of nitrogens with zero attached hydrogens (tertiary/aromatic N) is 4. The standard InChI is InChI=1S/C22H28N4O2/c1-15(2)13-26-18-5-3-8-23-20(18)25-9-4-6-19(25)22(26)7-10-24(14-22)21(28)16-11-17(27)12-16/h3-6,8-9,15-17,27H,7,10-14H2,1-2H3/t16?,17?,22-/m0/s1. The molecule has 1 aliphatic carbocycles. The van der Waals surface area contributed by atoms with E-state index in [2.05, 4.69) is 52.7 Å². The van der Waals surface area contributed by atoms with Crippen molar-refractivity contribution in [3.8, 4) is 5.82 Å². The van der Waals surface area contributed by atoms with Gasteiger partial charge in [-0.15, -0.1) is 0 Å². The maximum absolute atomic E-state index is 13.0. The second-order valence-corrected chi connectivity index (χ2v) is 8.98. The summed E-state index contributed by atoms with van der Waals surface area (Å²) in [6, 6.07) is 8.43. The second-order valence-electron chi connectivity index (χ2n) is 8.98. The fourth-order valence-corrected chi connectivity index (χ4v) is 5.20. The molecule has 2 fully saturated rings. The molecule has 1 saturated heterocycles. The molecule has 6 heteroatoms. The first kappa shape index (κ1) is 17.7. The van der Waals surface area contributed by atoms with Crippen molar-refractivity contribution in [1.82, 2.24) is 14.5 Å². The van der Waals surface area contributed by atoms with Gasteiger partial charge in [0.25, 0.3) is 0 Å². The van der Waals surface area contributed by atoms with Gasteiger partial charge in [-0.05, 0) is 49.4 Å². The lowest BCUT2D eigenvalue weighted by Gasteiger charge is -2.48. The highest BCUT2D eigenvalue weighted by molar-refractivity contribution is 5.81. The van der Waals surface area contributed by atoms with E-state index < -0.39 is 0 Å². The third-order valence-corrected chi connectivity index (χ3v) is 6.60. The molecule has 3 aliphatic rings. The Morgan fingerprint density at radius 1 is 1.32 bits per heavy atom. The van der Waals surface area contributed by atoms with Gasteiger partial charge in [0.2, 0.25) is 5.91 Å². The third-order valence-electron chi connectivity index (χ3n) is 6.60. The molecule has 1 saturated carbocycles. The Morgan fingerprint density at radius 2 is 2.14 bits per heavy atom. The monoisotopic (exact) mass is 380 g/mol. The lowest BCUT2D eigenvalue weighted by molar-refractivity contribution is -0.141. The zero-order valence-corrected chi connectivity index (χ0v) is 16.6. The van der Waals surface area contributed by atoms with E-state index >= 15 is 0 Å². The van der Waals surface area contributed by atoms with Gasteiger partial charge in [-0.25, -0.2) is 4.98 Å². The summed E-state index contributed by atoms with van der Waals surface area (Å²) in [5, 5.41) is 9.62. The van der Waals surface area contributed by atoms with Crippen LogP contribution in [-0.4, -0.2) is 51.2 Å². The zero-order chi connectivity index (χ0) is 19.5. The Balaban J connectivity index is 1.55. The quantitative estimate of drug-likeness (QED) is 0.889. The summed E-state index contributed by atoms with van der Waals surface area (Å²) >= 11 is 0. The lowest BCUT2D eigenvalue weighted by Crippen LogP contribution is -2.54. The molecule has 0 unspecified atom stereocenters. The summed E-state index contributed by atoms with van der Waals surface area (Å²) in [6.45, 7) is 6.87. The van der Waals surface area contributed by atoms with Crippen molar-refractivity contribution in [2.24, 2.45) is 11.8 Å². The van der Waals surface area contributed by atoms with Gasteiger partial charge in [-0.3, -0.25) is 4.79 Å². The van der Waals surface area contributed by atoms with Gasteiger partial charge in [-0.1, -0.05) is 13.8 Å². The van der Waals surface area contributed by atoms with E-state index in [1.54, 1.807) is 0 Å². The Labute approximate surface area is 165 Å². The normalized spacial score (nSPS) is 28.4. The Hall–Kier alpha value is -2.34. The van der Waals surface area contributed by atoms with Crippen LogP contribution in [0.2, 0.25) is 0 Å². The van der Waals surface area contributed by atoms with Gasteiger partial charge in [0, 0.05) is 37.9 Å². The summed E-state index contributed by atoms with van der Waals surface area (Å²) in [5.74, 6) is 1.67. The fourth-order valence-electron chi connectivity index (χ4n) is 5.20. The van der Waals surface area contributed by atoms with Crippen LogP contribution in [0, 0.1) is 11.8 Å². The summed E-state index contributed by atoms with van der Waals surface area (Å²) < 4.78 is 2.20. The van der Waals surface area contributed by atoms with Crippen LogP contribution in [0.15, 0.2) is 36.7 Å². The molecule has 28 heavy (non-hydrogen) atoms. The molecule has 2 aromatic heterocycles. The van der Waals surface area contributed by atoms with E-state index in [4.69, 9.17) is 0 Å². The highest BCUT2D eigenvalue weighted by Gasteiger charge is 2.52. The SMILES string of the molecule is CC(C)CN1c2cccnc2-n2cccc2[C@@]12CCN(C(=O)C1CC(O)C1)C2. The molecule has 148 valence electrons. The van der Waals surface area contributed by atoms with Gasteiger partial charge in [-0.2, -0.15) is 0 Å². The highest BCUT2D eigenvalue weighted by atomic mass is 16.3. The summed E-state index contributed by atoms with van der Waals surface area (Å²) in [4.78, 5) is 22.2.